The molecule has 0 radical (unpaired) electrons. The summed E-state index contributed by atoms with van der Waals surface area (Å²) in [5.74, 6) is -0.359. The number of amides is 1. The molecule has 1 aliphatic rings. The van der Waals surface area contributed by atoms with E-state index in [4.69, 9.17) is 23.4 Å². The molecule has 1 amide bonds. The number of rotatable bonds is 20. The maximum Gasteiger partial charge on any atom is 0.476 e. The Labute approximate surface area is 279 Å². The number of thiazole rings is 1. The minimum Gasteiger partial charge on any atom is -0.378 e. The van der Waals surface area contributed by atoms with Crippen molar-refractivity contribution in [3.63, 3.8) is 0 Å². The molecule has 1 N–H and O–H groups in total. The molecular formula is C32H44N7O6PS. The van der Waals surface area contributed by atoms with Gasteiger partial charge in [-0.3, -0.25) is 28.0 Å². The fraction of sp³-hybridized carbons (Fsp3) is 0.531. The molecule has 1 saturated carbocycles. The summed E-state index contributed by atoms with van der Waals surface area (Å²) in [5, 5.41) is 14.4. The molecule has 0 spiro atoms. The molecule has 4 aromatic rings. The number of phosphoric acid groups is 1. The summed E-state index contributed by atoms with van der Waals surface area (Å²) in [7, 11) is -3.75. The van der Waals surface area contributed by atoms with Crippen molar-refractivity contribution in [3.05, 3.63) is 54.1 Å². The van der Waals surface area contributed by atoms with Gasteiger partial charge in [0.2, 0.25) is 0 Å². The lowest BCUT2D eigenvalue weighted by Gasteiger charge is -2.34. The Bertz CT molecular complexity index is 1590. The molecule has 13 nitrogen and oxygen atoms in total. The van der Waals surface area contributed by atoms with Crippen molar-refractivity contribution in [2.24, 2.45) is 0 Å². The van der Waals surface area contributed by atoms with Crippen LogP contribution in [-0.4, -0.2) is 61.4 Å². The van der Waals surface area contributed by atoms with Gasteiger partial charge in [0.1, 0.15) is 16.4 Å². The van der Waals surface area contributed by atoms with Crippen molar-refractivity contribution in [3.8, 4) is 22.0 Å². The highest BCUT2D eigenvalue weighted by Crippen LogP contribution is 2.50. The van der Waals surface area contributed by atoms with Crippen LogP contribution in [0.4, 0.5) is 5.69 Å². The first-order valence-corrected chi connectivity index (χ1v) is 18.7. The number of carbonyl (C=O) groups excluding carboxylic acids is 1. The van der Waals surface area contributed by atoms with Crippen LogP contribution in [-0.2, 0) is 29.6 Å². The molecular weight excluding hydrogens is 641 g/mol. The number of hydrogen-bond donors (Lipinski definition) is 1. The van der Waals surface area contributed by atoms with Gasteiger partial charge in [-0.15, -0.1) is 11.3 Å². The van der Waals surface area contributed by atoms with Crippen molar-refractivity contribution in [1.82, 2.24) is 29.5 Å². The highest BCUT2D eigenvalue weighted by atomic mass is 32.1. The molecule has 5 rings (SSSR count). The Hall–Kier alpha value is -3.26. The van der Waals surface area contributed by atoms with E-state index in [9.17, 15) is 9.36 Å². The first-order valence-electron chi connectivity index (χ1n) is 16.4. The zero-order chi connectivity index (χ0) is 33.1. The third kappa shape index (κ3) is 9.65. The number of nitrogens with zero attached hydrogens (tertiary/aromatic N) is 6. The lowest BCUT2D eigenvalue weighted by molar-refractivity contribution is -0.0226. The summed E-state index contributed by atoms with van der Waals surface area (Å²) in [6.07, 6.45) is 14.4. The molecule has 0 bridgehead atoms. The monoisotopic (exact) mass is 685 g/mol. The van der Waals surface area contributed by atoms with E-state index < -0.39 is 7.82 Å². The van der Waals surface area contributed by atoms with Crippen LogP contribution >= 0.6 is 19.2 Å². The normalized spacial score (nSPS) is 16.3. The topological polar surface area (TPSA) is 145 Å². The number of unbranched alkanes of at least 4 members (excludes halogenated alkanes) is 4. The van der Waals surface area contributed by atoms with E-state index in [1.807, 2.05) is 36.0 Å². The summed E-state index contributed by atoms with van der Waals surface area (Å²) in [6.45, 7) is 7.34. The number of hydrogen-bond acceptors (Lipinski definition) is 11. The quantitative estimate of drug-likeness (QED) is 0.0724. The number of anilines is 1. The minimum atomic E-state index is -3.75. The highest BCUT2D eigenvalue weighted by molar-refractivity contribution is 7.48. The van der Waals surface area contributed by atoms with Crippen LogP contribution in [0.15, 0.2) is 48.4 Å². The van der Waals surface area contributed by atoms with Gasteiger partial charge in [0.05, 0.1) is 42.9 Å². The average molecular weight is 686 g/mol. The molecule has 4 aromatic heterocycles. The van der Waals surface area contributed by atoms with E-state index in [0.717, 1.165) is 51.4 Å². The fourth-order valence-corrected chi connectivity index (χ4v) is 6.99. The van der Waals surface area contributed by atoms with E-state index in [-0.39, 0.29) is 30.5 Å². The van der Waals surface area contributed by atoms with Crippen molar-refractivity contribution in [2.75, 3.05) is 25.1 Å². The van der Waals surface area contributed by atoms with Gasteiger partial charge in [0, 0.05) is 36.1 Å². The number of carbonyl (C=O) groups is 1. The average Bonchev–Trinajstić information content (AvgIpc) is 3.83. The molecule has 1 aliphatic carbocycles. The van der Waals surface area contributed by atoms with Crippen LogP contribution in [0.5, 0.6) is 0 Å². The molecule has 0 aliphatic heterocycles. The number of pyridine rings is 1. The summed E-state index contributed by atoms with van der Waals surface area (Å²) in [6, 6.07) is 5.79. The summed E-state index contributed by atoms with van der Waals surface area (Å²) < 4.78 is 39.2. The van der Waals surface area contributed by atoms with Gasteiger partial charge in [-0.1, -0.05) is 45.6 Å². The van der Waals surface area contributed by atoms with Crippen LogP contribution in [0.2, 0.25) is 0 Å². The molecule has 254 valence electrons. The maximum absolute atomic E-state index is 13.4. The Balaban J connectivity index is 1.22. The third-order valence-electron chi connectivity index (χ3n) is 7.69. The Morgan fingerprint density at radius 2 is 1.81 bits per heavy atom. The van der Waals surface area contributed by atoms with Crippen molar-refractivity contribution in [1.29, 1.82) is 0 Å². The minimum absolute atomic E-state index is 0.121. The first kappa shape index (κ1) is 35.1. The molecule has 0 saturated heterocycles. The Morgan fingerprint density at radius 1 is 1.04 bits per heavy atom. The fourth-order valence-electron chi connectivity index (χ4n) is 5.03. The summed E-state index contributed by atoms with van der Waals surface area (Å²) >= 11 is 1.32. The van der Waals surface area contributed by atoms with Gasteiger partial charge < -0.3 is 10.1 Å². The van der Waals surface area contributed by atoms with Crippen LogP contribution < -0.4 is 5.32 Å². The predicted octanol–water partition coefficient (Wildman–Crippen LogP) is 7.75. The number of ether oxygens (including phenoxy) is 1. The molecule has 0 aromatic carbocycles. The van der Waals surface area contributed by atoms with Gasteiger partial charge in [-0.25, -0.2) is 14.2 Å². The zero-order valence-electron chi connectivity index (χ0n) is 27.2. The smallest absolute Gasteiger partial charge is 0.378 e. The van der Waals surface area contributed by atoms with Crippen LogP contribution in [0.25, 0.3) is 22.0 Å². The van der Waals surface area contributed by atoms with Gasteiger partial charge in [-0.05, 0) is 44.7 Å². The molecule has 15 heteroatoms. The first-order chi connectivity index (χ1) is 22.9. The predicted molar refractivity (Wildman–Crippen MR) is 180 cm³/mol. The largest absolute Gasteiger partial charge is 0.476 e. The zero-order valence-corrected chi connectivity index (χ0v) is 29.0. The Morgan fingerprint density at radius 3 is 2.49 bits per heavy atom. The van der Waals surface area contributed by atoms with Gasteiger partial charge >= 0.3 is 7.82 Å². The second-order valence-electron chi connectivity index (χ2n) is 11.3. The second kappa shape index (κ2) is 17.2. The highest BCUT2D eigenvalue weighted by Gasteiger charge is 2.33. The number of nitrogens with one attached hydrogen (secondary N) is 1. The van der Waals surface area contributed by atoms with Crippen LogP contribution in [0.1, 0.15) is 88.7 Å². The molecule has 0 atom stereocenters. The lowest BCUT2D eigenvalue weighted by Crippen LogP contribution is -2.33. The second-order valence-corrected chi connectivity index (χ2v) is 13.9. The maximum atomic E-state index is 13.4. The Kier molecular flexibility index (Phi) is 12.9. The molecule has 47 heavy (non-hydrogen) atoms. The van der Waals surface area contributed by atoms with Gasteiger partial charge in [0.25, 0.3) is 5.91 Å². The molecule has 4 heterocycles. The lowest BCUT2D eigenvalue weighted by atomic mass is 9.89. The van der Waals surface area contributed by atoms with E-state index >= 15 is 0 Å². The van der Waals surface area contributed by atoms with Crippen molar-refractivity contribution in [2.45, 2.75) is 91.0 Å². The van der Waals surface area contributed by atoms with Crippen molar-refractivity contribution < 1.29 is 27.7 Å². The summed E-state index contributed by atoms with van der Waals surface area (Å²) in [5.41, 5.74) is 2.77. The van der Waals surface area contributed by atoms with Gasteiger partial charge in [-0.2, -0.15) is 10.2 Å². The number of aromatic nitrogens is 6. The standard InChI is InChI=1S/C32H44N7O6PS/c1-4-7-11-15-43-46(41,44-16-12-8-5-2)45-23-38-20-24(19-34-38)32-36-29(22-47-32)31(40)35-28-21-39(25-17-26(18-25)42-6-3)37-30(28)27-13-9-10-14-33-27/h9-10,13-14,19-22,25-26H,4-8,11-12,15-18,23H2,1-3H3,(H,35,40). The van der Waals surface area contributed by atoms with E-state index in [2.05, 4.69) is 34.2 Å². The molecule has 1 fully saturated rings. The van der Waals surface area contributed by atoms with E-state index in [1.54, 1.807) is 24.0 Å². The van der Waals surface area contributed by atoms with Crippen LogP contribution in [0.3, 0.4) is 0 Å². The third-order valence-corrected chi connectivity index (χ3v) is 10.0. The molecule has 0 unspecified atom stereocenters. The van der Waals surface area contributed by atoms with Crippen LogP contribution in [0, 0.1) is 0 Å². The van der Waals surface area contributed by atoms with Gasteiger partial charge in [0.15, 0.2) is 6.73 Å². The summed E-state index contributed by atoms with van der Waals surface area (Å²) in [4.78, 5) is 22.4. The van der Waals surface area contributed by atoms with E-state index in [0.29, 0.717) is 47.5 Å². The van der Waals surface area contributed by atoms with Crippen molar-refractivity contribution >= 4 is 30.8 Å². The number of phosphoric ester groups is 1. The SMILES string of the molecule is CCCCCOP(=O)(OCCCCC)OCn1cc(-c2nc(C(=O)Nc3cn(C4CC(OCC)C4)nc3-c3ccccn3)cs2)cn1. The van der Waals surface area contributed by atoms with E-state index in [1.165, 1.54) is 16.0 Å².